The van der Waals surface area contributed by atoms with Crippen LogP contribution in [-0.2, 0) is 6.54 Å². The van der Waals surface area contributed by atoms with Crippen LogP contribution in [0.3, 0.4) is 0 Å². The van der Waals surface area contributed by atoms with Crippen molar-refractivity contribution in [1.82, 2.24) is 4.98 Å². The van der Waals surface area contributed by atoms with Gasteiger partial charge in [0.25, 0.3) is 5.91 Å². The van der Waals surface area contributed by atoms with Crippen LogP contribution >= 0.6 is 0 Å². The largest absolute Gasteiger partial charge is 0.435 e. The molecule has 5 nitrogen and oxygen atoms in total. The van der Waals surface area contributed by atoms with Crippen LogP contribution in [0.4, 0.5) is 0 Å². The minimum atomic E-state index is -0.618. The summed E-state index contributed by atoms with van der Waals surface area (Å²) in [7, 11) is 0. The molecule has 5 heteroatoms. The summed E-state index contributed by atoms with van der Waals surface area (Å²) < 4.78 is 5.78. The topological polar surface area (TPSA) is 95.1 Å². The summed E-state index contributed by atoms with van der Waals surface area (Å²) >= 11 is 0. The molecule has 0 aliphatic rings. The van der Waals surface area contributed by atoms with Crippen LogP contribution in [0.25, 0.3) is 22.8 Å². The van der Waals surface area contributed by atoms with Gasteiger partial charge in [0.15, 0.2) is 11.5 Å². The molecule has 0 atom stereocenters. The van der Waals surface area contributed by atoms with E-state index in [1.54, 1.807) is 0 Å². The second-order valence-corrected chi connectivity index (χ2v) is 4.83. The standard InChI is InChI=1S/C17H15N3O2/c18-10-11-6-8-13(9-7-11)17-20-14(16(19)21)15(22-17)12-4-2-1-3-5-12/h1-9H,10,18H2,(H2,19,21). The first-order valence-corrected chi connectivity index (χ1v) is 6.84. The number of nitrogens with zero attached hydrogens (tertiary/aromatic N) is 1. The Bertz CT molecular complexity index is 793. The molecule has 0 spiro atoms. The van der Waals surface area contributed by atoms with Gasteiger partial charge in [-0.3, -0.25) is 4.79 Å². The Balaban J connectivity index is 2.08. The van der Waals surface area contributed by atoms with Crippen molar-refractivity contribution >= 4 is 5.91 Å². The average Bonchev–Trinajstić information content (AvgIpc) is 3.01. The summed E-state index contributed by atoms with van der Waals surface area (Å²) in [5.41, 5.74) is 13.7. The molecule has 3 aromatic rings. The summed E-state index contributed by atoms with van der Waals surface area (Å²) in [5.74, 6) is 0.120. The van der Waals surface area contributed by atoms with Gasteiger partial charge in [-0.15, -0.1) is 0 Å². The van der Waals surface area contributed by atoms with Crippen LogP contribution in [0.15, 0.2) is 59.0 Å². The number of oxazole rings is 1. The summed E-state index contributed by atoms with van der Waals surface area (Å²) in [6.07, 6.45) is 0. The Labute approximate surface area is 127 Å². The average molecular weight is 293 g/mol. The van der Waals surface area contributed by atoms with Gasteiger partial charge in [0.1, 0.15) is 0 Å². The van der Waals surface area contributed by atoms with Gasteiger partial charge in [0.2, 0.25) is 5.89 Å². The minimum Gasteiger partial charge on any atom is -0.435 e. The van der Waals surface area contributed by atoms with Gasteiger partial charge in [-0.05, 0) is 17.7 Å². The molecule has 0 radical (unpaired) electrons. The van der Waals surface area contributed by atoms with Crippen LogP contribution in [0, 0.1) is 0 Å². The molecule has 3 rings (SSSR count). The predicted octanol–water partition coefficient (Wildman–Crippen LogP) is 2.57. The molecule has 0 aliphatic heterocycles. The molecule has 0 unspecified atom stereocenters. The van der Waals surface area contributed by atoms with Crippen molar-refractivity contribution in [2.24, 2.45) is 11.5 Å². The van der Waals surface area contributed by atoms with Crippen LogP contribution < -0.4 is 11.5 Å². The number of aromatic nitrogens is 1. The van der Waals surface area contributed by atoms with Crippen molar-refractivity contribution in [3.63, 3.8) is 0 Å². The molecule has 0 fully saturated rings. The molecule has 1 heterocycles. The quantitative estimate of drug-likeness (QED) is 0.772. The molecular formula is C17H15N3O2. The van der Waals surface area contributed by atoms with Crippen molar-refractivity contribution in [2.75, 3.05) is 0 Å². The van der Waals surface area contributed by atoms with Crippen molar-refractivity contribution in [3.8, 4) is 22.8 Å². The lowest BCUT2D eigenvalue weighted by Crippen LogP contribution is -2.12. The summed E-state index contributed by atoms with van der Waals surface area (Å²) in [6.45, 7) is 0.466. The monoisotopic (exact) mass is 293 g/mol. The summed E-state index contributed by atoms with van der Waals surface area (Å²) in [4.78, 5) is 15.9. The van der Waals surface area contributed by atoms with E-state index in [-0.39, 0.29) is 5.69 Å². The van der Waals surface area contributed by atoms with Gasteiger partial charge in [0.05, 0.1) is 0 Å². The lowest BCUT2D eigenvalue weighted by molar-refractivity contribution is 0.0996. The number of primary amides is 1. The fourth-order valence-electron chi connectivity index (χ4n) is 2.18. The number of hydrogen-bond acceptors (Lipinski definition) is 4. The zero-order valence-electron chi connectivity index (χ0n) is 11.8. The van der Waals surface area contributed by atoms with Gasteiger partial charge >= 0.3 is 0 Å². The Morgan fingerprint density at radius 3 is 2.27 bits per heavy atom. The van der Waals surface area contributed by atoms with Crippen LogP contribution in [0.2, 0.25) is 0 Å². The molecule has 1 amide bonds. The Hall–Kier alpha value is -2.92. The molecule has 0 saturated carbocycles. The maximum Gasteiger partial charge on any atom is 0.271 e. The Morgan fingerprint density at radius 1 is 1.00 bits per heavy atom. The Morgan fingerprint density at radius 2 is 1.68 bits per heavy atom. The maximum absolute atomic E-state index is 11.6. The molecule has 110 valence electrons. The second-order valence-electron chi connectivity index (χ2n) is 4.83. The second kappa shape index (κ2) is 5.83. The number of rotatable bonds is 4. The molecule has 0 aliphatic carbocycles. The Kier molecular flexibility index (Phi) is 3.72. The van der Waals surface area contributed by atoms with Crippen molar-refractivity contribution in [3.05, 3.63) is 65.9 Å². The third-order valence-corrected chi connectivity index (χ3v) is 3.33. The fraction of sp³-hybridized carbons (Fsp3) is 0.0588. The first-order valence-electron chi connectivity index (χ1n) is 6.84. The number of carbonyl (C=O) groups excluding carboxylic acids is 1. The van der Waals surface area contributed by atoms with Crippen molar-refractivity contribution < 1.29 is 9.21 Å². The highest BCUT2D eigenvalue weighted by atomic mass is 16.4. The van der Waals surface area contributed by atoms with E-state index in [0.29, 0.717) is 18.2 Å². The number of hydrogen-bond donors (Lipinski definition) is 2. The zero-order valence-corrected chi connectivity index (χ0v) is 11.8. The molecule has 1 aromatic heterocycles. The highest BCUT2D eigenvalue weighted by Crippen LogP contribution is 2.29. The van der Waals surface area contributed by atoms with E-state index in [2.05, 4.69) is 4.98 Å². The molecule has 0 bridgehead atoms. The smallest absolute Gasteiger partial charge is 0.271 e. The zero-order chi connectivity index (χ0) is 15.5. The van der Waals surface area contributed by atoms with Gasteiger partial charge in [-0.25, -0.2) is 4.98 Å². The minimum absolute atomic E-state index is 0.129. The van der Waals surface area contributed by atoms with Gasteiger partial charge in [-0.1, -0.05) is 42.5 Å². The SMILES string of the molecule is NCc1ccc(-c2nc(C(N)=O)c(-c3ccccc3)o2)cc1. The van der Waals surface area contributed by atoms with E-state index in [1.807, 2.05) is 54.6 Å². The third kappa shape index (κ3) is 2.62. The van der Waals surface area contributed by atoms with E-state index >= 15 is 0 Å². The molecule has 2 aromatic carbocycles. The van der Waals surface area contributed by atoms with Crippen LogP contribution in [0.5, 0.6) is 0 Å². The number of carbonyl (C=O) groups is 1. The number of nitrogens with two attached hydrogens (primary N) is 2. The first-order chi connectivity index (χ1) is 10.7. The lowest BCUT2D eigenvalue weighted by atomic mass is 10.1. The van der Waals surface area contributed by atoms with E-state index in [1.165, 1.54) is 0 Å². The maximum atomic E-state index is 11.6. The summed E-state index contributed by atoms with van der Waals surface area (Å²) in [6, 6.07) is 16.8. The molecule has 0 saturated heterocycles. The first kappa shape index (κ1) is 14.0. The lowest BCUT2D eigenvalue weighted by Gasteiger charge is -1.99. The van der Waals surface area contributed by atoms with Crippen LogP contribution in [-0.4, -0.2) is 10.9 Å². The van der Waals surface area contributed by atoms with Gasteiger partial charge < -0.3 is 15.9 Å². The van der Waals surface area contributed by atoms with E-state index in [9.17, 15) is 4.79 Å². The fourth-order valence-corrected chi connectivity index (χ4v) is 2.18. The summed E-state index contributed by atoms with van der Waals surface area (Å²) in [5, 5.41) is 0. The van der Waals surface area contributed by atoms with Gasteiger partial charge in [-0.2, -0.15) is 0 Å². The molecule has 4 N–H and O–H groups in total. The van der Waals surface area contributed by atoms with Gasteiger partial charge in [0, 0.05) is 17.7 Å². The number of benzene rings is 2. The van der Waals surface area contributed by atoms with Crippen LogP contribution in [0.1, 0.15) is 16.1 Å². The number of amides is 1. The molecule has 22 heavy (non-hydrogen) atoms. The highest BCUT2D eigenvalue weighted by Gasteiger charge is 2.20. The highest BCUT2D eigenvalue weighted by molar-refractivity contribution is 5.97. The normalized spacial score (nSPS) is 10.6. The van der Waals surface area contributed by atoms with E-state index < -0.39 is 5.91 Å². The third-order valence-electron chi connectivity index (χ3n) is 3.33. The molecular weight excluding hydrogens is 278 g/mol. The van der Waals surface area contributed by atoms with Crippen molar-refractivity contribution in [1.29, 1.82) is 0 Å². The van der Waals surface area contributed by atoms with E-state index in [0.717, 1.165) is 16.7 Å². The van der Waals surface area contributed by atoms with E-state index in [4.69, 9.17) is 15.9 Å². The predicted molar refractivity (Wildman–Crippen MR) is 83.8 cm³/mol. The van der Waals surface area contributed by atoms with Crippen molar-refractivity contribution in [2.45, 2.75) is 6.54 Å².